The van der Waals surface area contributed by atoms with E-state index >= 15 is 0 Å². The number of piperidine rings is 1. The van der Waals surface area contributed by atoms with Gasteiger partial charge in [-0.05, 0) is 50.4 Å². The minimum atomic E-state index is -0.284. The van der Waals surface area contributed by atoms with E-state index in [9.17, 15) is 4.79 Å². The van der Waals surface area contributed by atoms with E-state index in [1.165, 1.54) is 11.1 Å². The van der Waals surface area contributed by atoms with Crippen molar-refractivity contribution in [3.05, 3.63) is 23.3 Å². The molecule has 1 saturated heterocycles. The molecule has 2 aliphatic heterocycles. The second kappa shape index (κ2) is 4.05. The van der Waals surface area contributed by atoms with Crippen LogP contribution in [-0.2, 0) is 16.6 Å². The monoisotopic (exact) mass is 299 g/mol. The van der Waals surface area contributed by atoms with Crippen molar-refractivity contribution < 1.29 is 14.3 Å². The van der Waals surface area contributed by atoms with Crippen LogP contribution in [0.2, 0.25) is 0 Å². The van der Waals surface area contributed by atoms with Gasteiger partial charge in [-0.3, -0.25) is 4.79 Å². The molecule has 0 N–H and O–H groups in total. The van der Waals surface area contributed by atoms with Gasteiger partial charge in [-0.15, -0.1) is 0 Å². The number of likely N-dealkylation sites (N-methyl/N-ethyl adjacent to an activating group) is 1. The van der Waals surface area contributed by atoms with Gasteiger partial charge in [0.25, 0.3) is 0 Å². The quantitative estimate of drug-likeness (QED) is 0.794. The molecular formula is C18H21NO3. The molecule has 2 aliphatic carbocycles. The van der Waals surface area contributed by atoms with Gasteiger partial charge in [-0.1, -0.05) is 6.07 Å². The second-order valence-corrected chi connectivity index (χ2v) is 7.28. The smallest absolute Gasteiger partial charge is 0.174 e. The number of likely N-dealkylation sites (tertiary alicyclic amines) is 1. The van der Waals surface area contributed by atoms with Crippen molar-refractivity contribution in [1.29, 1.82) is 0 Å². The van der Waals surface area contributed by atoms with Gasteiger partial charge >= 0.3 is 0 Å². The molecule has 4 nitrogen and oxygen atoms in total. The Bertz CT molecular complexity index is 685. The fourth-order valence-electron chi connectivity index (χ4n) is 5.67. The summed E-state index contributed by atoms with van der Waals surface area (Å²) in [7, 11) is 3.91. The molecule has 2 bridgehead atoms. The highest BCUT2D eigenvalue weighted by Gasteiger charge is 2.65. The third-order valence-electron chi connectivity index (χ3n) is 6.59. The van der Waals surface area contributed by atoms with Crippen LogP contribution < -0.4 is 9.47 Å². The molecule has 0 aromatic heterocycles. The summed E-state index contributed by atoms with van der Waals surface area (Å²) in [6, 6.07) is 4.73. The summed E-state index contributed by atoms with van der Waals surface area (Å²) in [4.78, 5) is 15.1. The summed E-state index contributed by atoms with van der Waals surface area (Å²) in [5, 5.41) is 0. The van der Waals surface area contributed by atoms with Gasteiger partial charge in [-0.25, -0.2) is 0 Å². The zero-order valence-electron chi connectivity index (χ0n) is 13.1. The van der Waals surface area contributed by atoms with Crippen LogP contribution in [0.25, 0.3) is 0 Å². The van der Waals surface area contributed by atoms with E-state index in [1.54, 1.807) is 7.11 Å². The van der Waals surface area contributed by atoms with Crippen LogP contribution in [0.4, 0.5) is 0 Å². The Hall–Kier alpha value is -1.55. The van der Waals surface area contributed by atoms with Crippen molar-refractivity contribution in [2.45, 2.75) is 43.2 Å². The van der Waals surface area contributed by atoms with Gasteiger partial charge in [0.15, 0.2) is 23.4 Å². The van der Waals surface area contributed by atoms with E-state index in [1.807, 2.05) is 6.07 Å². The highest BCUT2D eigenvalue weighted by atomic mass is 16.5. The van der Waals surface area contributed by atoms with E-state index in [-0.39, 0.29) is 17.3 Å². The average molecular weight is 299 g/mol. The molecule has 3 unspecified atom stereocenters. The zero-order valence-corrected chi connectivity index (χ0v) is 13.1. The topological polar surface area (TPSA) is 38.8 Å². The van der Waals surface area contributed by atoms with Crippen molar-refractivity contribution in [2.24, 2.45) is 5.92 Å². The van der Waals surface area contributed by atoms with E-state index < -0.39 is 0 Å². The molecule has 5 rings (SSSR count). The highest BCUT2D eigenvalue weighted by molar-refractivity contribution is 5.89. The van der Waals surface area contributed by atoms with Crippen LogP contribution >= 0.6 is 0 Å². The predicted molar refractivity (Wildman–Crippen MR) is 81.6 cm³/mol. The number of benzene rings is 1. The molecule has 1 spiro atoms. The molecule has 2 heterocycles. The largest absolute Gasteiger partial charge is 0.493 e. The van der Waals surface area contributed by atoms with Crippen LogP contribution in [0.15, 0.2) is 12.1 Å². The fourth-order valence-corrected chi connectivity index (χ4v) is 5.67. The number of ketones is 1. The van der Waals surface area contributed by atoms with Gasteiger partial charge < -0.3 is 14.4 Å². The fraction of sp³-hybridized carbons (Fsp3) is 0.611. The third kappa shape index (κ3) is 1.27. The van der Waals surface area contributed by atoms with Gasteiger partial charge in [0.2, 0.25) is 0 Å². The summed E-state index contributed by atoms with van der Waals surface area (Å²) in [6.45, 7) is 1.05. The van der Waals surface area contributed by atoms with Gasteiger partial charge in [0, 0.05) is 23.4 Å². The maximum absolute atomic E-state index is 12.6. The van der Waals surface area contributed by atoms with Crippen molar-refractivity contribution in [3.63, 3.8) is 0 Å². The number of nitrogens with zero attached hydrogens (tertiary/aromatic N) is 1. The molecule has 4 heteroatoms. The van der Waals surface area contributed by atoms with Crippen LogP contribution in [-0.4, -0.2) is 43.5 Å². The molecule has 4 aliphatic rings. The summed E-state index contributed by atoms with van der Waals surface area (Å²) in [5.74, 6) is 2.46. The lowest BCUT2D eigenvalue weighted by Gasteiger charge is -2.57. The first-order valence-corrected chi connectivity index (χ1v) is 8.27. The van der Waals surface area contributed by atoms with E-state index in [2.05, 4.69) is 18.0 Å². The second-order valence-electron chi connectivity index (χ2n) is 7.28. The molecule has 0 amide bonds. The summed E-state index contributed by atoms with van der Waals surface area (Å²) in [5.41, 5.74) is 2.57. The Balaban J connectivity index is 1.81. The van der Waals surface area contributed by atoms with E-state index in [0.717, 1.165) is 37.3 Å². The molecule has 1 saturated carbocycles. The summed E-state index contributed by atoms with van der Waals surface area (Å²) < 4.78 is 11.8. The Morgan fingerprint density at radius 2 is 2.27 bits per heavy atom. The van der Waals surface area contributed by atoms with Crippen LogP contribution in [0.3, 0.4) is 0 Å². The molecule has 0 radical (unpaired) electrons. The Morgan fingerprint density at radius 1 is 1.41 bits per heavy atom. The highest BCUT2D eigenvalue weighted by Crippen LogP contribution is 2.62. The number of methoxy groups -OCH3 is 1. The standard InChI is InChI=1S/C18H21NO3/c1-19-8-7-18-11-4-5-13(20)17(18)22-16-14(21-2)6-3-10(15(16)18)9-12(11)19/h3,6,11-12,17H,4-5,7-9H2,1-2H3/t11?,12?,17-,18?/m0/s1. The Morgan fingerprint density at radius 3 is 3.09 bits per heavy atom. The first-order chi connectivity index (χ1) is 10.7. The number of hydrogen-bond donors (Lipinski definition) is 0. The van der Waals surface area contributed by atoms with Crippen molar-refractivity contribution in [2.75, 3.05) is 20.7 Å². The normalized spacial score (nSPS) is 38.5. The number of Topliss-reactive ketones (excluding diaryl/α,β-unsaturated/α-hetero) is 1. The number of carbonyl (C=O) groups is 1. The first-order valence-electron chi connectivity index (χ1n) is 8.27. The van der Waals surface area contributed by atoms with Crippen LogP contribution in [0.1, 0.15) is 30.4 Å². The molecule has 2 fully saturated rings. The SMILES string of the molecule is COc1ccc2c3c1O[C@H]1C(=O)CCC4C(C2)N(C)CCC341. The number of carbonyl (C=O) groups excluding carboxylic acids is 1. The Labute approximate surface area is 130 Å². The predicted octanol–water partition coefficient (Wildman–Crippen LogP) is 1.93. The molecule has 116 valence electrons. The lowest BCUT2D eigenvalue weighted by molar-refractivity contribution is -0.138. The van der Waals surface area contributed by atoms with Crippen molar-refractivity contribution >= 4 is 5.78 Å². The molecular weight excluding hydrogens is 278 g/mol. The zero-order chi connectivity index (χ0) is 15.1. The van der Waals surface area contributed by atoms with Crippen molar-refractivity contribution in [1.82, 2.24) is 4.90 Å². The summed E-state index contributed by atoms with van der Waals surface area (Å²) in [6.07, 6.45) is 3.47. The number of hydrogen-bond acceptors (Lipinski definition) is 4. The molecule has 1 aromatic carbocycles. The Kier molecular flexibility index (Phi) is 2.38. The summed E-state index contributed by atoms with van der Waals surface area (Å²) >= 11 is 0. The van der Waals surface area contributed by atoms with Crippen molar-refractivity contribution in [3.8, 4) is 11.5 Å². The van der Waals surface area contributed by atoms with Gasteiger partial charge in [-0.2, -0.15) is 0 Å². The molecule has 22 heavy (non-hydrogen) atoms. The first kappa shape index (κ1) is 12.9. The van der Waals surface area contributed by atoms with Crippen LogP contribution in [0.5, 0.6) is 11.5 Å². The maximum Gasteiger partial charge on any atom is 0.174 e. The lowest BCUT2D eigenvalue weighted by Crippen LogP contribution is -2.65. The van der Waals surface area contributed by atoms with Gasteiger partial charge in [0.05, 0.1) is 7.11 Å². The van der Waals surface area contributed by atoms with E-state index in [0.29, 0.717) is 18.4 Å². The van der Waals surface area contributed by atoms with Crippen LogP contribution in [0, 0.1) is 5.92 Å². The number of rotatable bonds is 1. The van der Waals surface area contributed by atoms with Gasteiger partial charge in [0.1, 0.15) is 0 Å². The average Bonchev–Trinajstić information content (AvgIpc) is 2.88. The lowest BCUT2D eigenvalue weighted by atomic mass is 9.52. The van der Waals surface area contributed by atoms with E-state index in [4.69, 9.17) is 9.47 Å². The maximum atomic E-state index is 12.6. The third-order valence-corrected chi connectivity index (χ3v) is 6.59. The molecule has 1 aromatic rings. The molecule has 4 atom stereocenters. The minimum absolute atomic E-state index is 0.0933. The minimum Gasteiger partial charge on any atom is -0.493 e. The number of ether oxygens (including phenoxy) is 2.